The van der Waals surface area contributed by atoms with E-state index in [2.05, 4.69) is 12.1 Å². The number of carbonyl (C=O) groups excluding carboxylic acids is 3. The molecule has 39 heavy (non-hydrogen) atoms. The number of ether oxygens (including phenoxy) is 2. The van der Waals surface area contributed by atoms with Gasteiger partial charge >= 0.3 is 6.09 Å². The van der Waals surface area contributed by atoms with Crippen molar-refractivity contribution in [2.75, 3.05) is 13.1 Å². The third-order valence-corrected chi connectivity index (χ3v) is 8.58. The summed E-state index contributed by atoms with van der Waals surface area (Å²) < 4.78 is 12.2. The van der Waals surface area contributed by atoms with Gasteiger partial charge in [0.05, 0.1) is 9.21 Å². The van der Waals surface area contributed by atoms with Crippen LogP contribution in [-0.2, 0) is 11.2 Å². The van der Waals surface area contributed by atoms with Gasteiger partial charge in [0.25, 0.3) is 0 Å². The Labute approximate surface area is 238 Å². The number of nitrogens with zero attached hydrogens (tertiary/aromatic N) is 1. The van der Waals surface area contributed by atoms with E-state index in [0.717, 1.165) is 35.3 Å². The smallest absolute Gasteiger partial charge is 0.415 e. The van der Waals surface area contributed by atoms with E-state index in [4.69, 9.17) is 21.1 Å². The number of halogens is 1. The van der Waals surface area contributed by atoms with Crippen LogP contribution in [0.1, 0.15) is 53.6 Å². The lowest BCUT2D eigenvalue weighted by Gasteiger charge is -2.26. The molecular formula is C31H34ClNO5S. The Bertz CT molecular complexity index is 1340. The first-order chi connectivity index (χ1) is 18.4. The molecule has 1 aliphatic rings. The molecule has 3 aromatic rings. The number of likely N-dealkylation sites (tertiary alicyclic amines) is 1. The molecule has 1 aromatic heterocycles. The number of thiophene rings is 1. The van der Waals surface area contributed by atoms with E-state index in [1.807, 2.05) is 32.0 Å². The number of hydrogen-bond donors (Lipinski definition) is 0. The molecule has 1 aliphatic heterocycles. The van der Waals surface area contributed by atoms with E-state index in [0.29, 0.717) is 28.1 Å². The maximum absolute atomic E-state index is 13.5. The van der Waals surface area contributed by atoms with Crippen molar-refractivity contribution in [3.63, 3.8) is 0 Å². The van der Waals surface area contributed by atoms with Gasteiger partial charge in [0, 0.05) is 19.0 Å². The quantitative estimate of drug-likeness (QED) is 0.253. The highest BCUT2D eigenvalue weighted by Gasteiger charge is 2.40. The average Bonchev–Trinajstić information content (AvgIpc) is 3.52. The number of para-hydroxylation sites is 1. The van der Waals surface area contributed by atoms with Gasteiger partial charge in [0.15, 0.2) is 17.2 Å². The molecule has 4 rings (SSSR count). The number of Topliss-reactive ketones (excluding diaryl/α,β-unsaturated/α-hetero) is 2. The summed E-state index contributed by atoms with van der Waals surface area (Å²) in [5.74, 6) is 0.788. The molecule has 0 spiro atoms. The number of benzene rings is 2. The molecule has 2 aromatic carbocycles. The third kappa shape index (κ3) is 6.89. The van der Waals surface area contributed by atoms with Crippen molar-refractivity contribution < 1.29 is 23.9 Å². The second kappa shape index (κ2) is 11.9. The van der Waals surface area contributed by atoms with Crippen LogP contribution in [-0.4, -0.2) is 41.3 Å². The first-order valence-electron chi connectivity index (χ1n) is 13.1. The summed E-state index contributed by atoms with van der Waals surface area (Å²) in [6, 6.07) is 16.6. The number of carbonyl (C=O) groups is 3. The number of amides is 1. The zero-order valence-corrected chi connectivity index (χ0v) is 24.5. The van der Waals surface area contributed by atoms with Crippen molar-refractivity contribution in [2.24, 2.45) is 11.8 Å². The van der Waals surface area contributed by atoms with Crippen LogP contribution in [0.25, 0.3) is 0 Å². The maximum atomic E-state index is 13.5. The van der Waals surface area contributed by atoms with Crippen molar-refractivity contribution in [1.29, 1.82) is 0 Å². The van der Waals surface area contributed by atoms with Crippen LogP contribution in [0.5, 0.6) is 11.5 Å². The number of aryl methyl sites for hydroxylation is 3. The molecule has 6 nitrogen and oxygen atoms in total. The first-order valence-corrected chi connectivity index (χ1v) is 14.3. The Morgan fingerprint density at radius 3 is 2.28 bits per heavy atom. The van der Waals surface area contributed by atoms with Crippen LogP contribution < -0.4 is 9.47 Å². The Morgan fingerprint density at radius 2 is 1.69 bits per heavy atom. The van der Waals surface area contributed by atoms with Gasteiger partial charge in [-0.2, -0.15) is 0 Å². The fourth-order valence-corrected chi connectivity index (χ4v) is 5.96. The Morgan fingerprint density at radius 1 is 1.03 bits per heavy atom. The second-order valence-corrected chi connectivity index (χ2v) is 12.4. The summed E-state index contributed by atoms with van der Waals surface area (Å²) in [7, 11) is 0. The normalized spacial score (nSPS) is 17.2. The SMILES string of the molecule is CC(=O)C(C)(C)Oc1c(C)cc(CC[C@H]2CN(C(=O)Oc3ccccc3)C[C@@H]2C(=O)c2ccc(Cl)s2)cc1C. The first kappa shape index (κ1) is 28.8. The van der Waals surface area contributed by atoms with Gasteiger partial charge in [-0.1, -0.05) is 41.9 Å². The summed E-state index contributed by atoms with van der Waals surface area (Å²) >= 11 is 7.38. The van der Waals surface area contributed by atoms with Crippen molar-refractivity contribution in [1.82, 2.24) is 4.90 Å². The second-order valence-electron chi connectivity index (χ2n) is 10.7. The third-order valence-electron chi connectivity index (χ3n) is 7.33. The minimum absolute atomic E-state index is 0.00878. The van der Waals surface area contributed by atoms with Crippen LogP contribution >= 0.6 is 22.9 Å². The Hall–Kier alpha value is -3.16. The monoisotopic (exact) mass is 567 g/mol. The van der Waals surface area contributed by atoms with Crippen LogP contribution in [0, 0.1) is 25.7 Å². The van der Waals surface area contributed by atoms with E-state index < -0.39 is 11.7 Å². The van der Waals surface area contributed by atoms with Gasteiger partial charge in [-0.25, -0.2) is 4.79 Å². The van der Waals surface area contributed by atoms with Crippen molar-refractivity contribution >= 4 is 40.6 Å². The Kier molecular flexibility index (Phi) is 8.82. The summed E-state index contributed by atoms with van der Waals surface area (Å²) in [4.78, 5) is 40.7. The van der Waals surface area contributed by atoms with Crippen LogP contribution in [0.3, 0.4) is 0 Å². The lowest BCUT2D eigenvalue weighted by atomic mass is 9.86. The van der Waals surface area contributed by atoms with Gasteiger partial charge in [-0.05, 0) is 94.3 Å². The molecule has 0 saturated carbocycles. The molecule has 206 valence electrons. The van der Waals surface area contributed by atoms with E-state index in [-0.39, 0.29) is 23.4 Å². The largest absolute Gasteiger partial charge is 0.480 e. The number of ketones is 2. The lowest BCUT2D eigenvalue weighted by molar-refractivity contribution is -0.129. The standard InChI is InChI=1S/C31H34ClNO5S/c1-19-15-22(16-20(2)29(19)38-31(4,5)21(3)34)11-12-23-17-33(30(36)37-24-9-7-6-8-10-24)18-25(23)28(35)26-13-14-27(32)39-26/h6-10,13-16,23,25H,11-12,17-18H2,1-5H3/t23-,25-/m0/s1. The molecule has 2 atom stereocenters. The number of rotatable bonds is 9. The van der Waals surface area contributed by atoms with Crippen LogP contribution in [0.2, 0.25) is 4.34 Å². The number of hydrogen-bond acceptors (Lipinski definition) is 6. The van der Waals surface area contributed by atoms with Gasteiger partial charge in [-0.15, -0.1) is 11.3 Å². The lowest BCUT2D eigenvalue weighted by Crippen LogP contribution is -2.36. The summed E-state index contributed by atoms with van der Waals surface area (Å²) in [5, 5.41) is 0. The molecule has 2 heterocycles. The Balaban J connectivity index is 1.50. The van der Waals surface area contributed by atoms with Crippen molar-refractivity contribution in [3.8, 4) is 11.5 Å². The molecule has 8 heteroatoms. The van der Waals surface area contributed by atoms with Crippen molar-refractivity contribution in [2.45, 2.75) is 53.1 Å². The van der Waals surface area contributed by atoms with Gasteiger partial charge < -0.3 is 14.4 Å². The molecule has 1 amide bonds. The van der Waals surface area contributed by atoms with E-state index in [9.17, 15) is 14.4 Å². The zero-order chi connectivity index (χ0) is 28.3. The fourth-order valence-electron chi connectivity index (χ4n) is 4.92. The molecular weight excluding hydrogens is 534 g/mol. The highest BCUT2D eigenvalue weighted by Crippen LogP contribution is 2.35. The average molecular weight is 568 g/mol. The van der Waals surface area contributed by atoms with Gasteiger partial charge in [0.1, 0.15) is 11.5 Å². The molecule has 0 unspecified atom stereocenters. The molecule has 0 bridgehead atoms. The molecule has 0 aliphatic carbocycles. The summed E-state index contributed by atoms with van der Waals surface area (Å²) in [5.41, 5.74) is 2.13. The summed E-state index contributed by atoms with van der Waals surface area (Å²) in [6.45, 7) is 9.77. The highest BCUT2D eigenvalue weighted by atomic mass is 35.5. The predicted octanol–water partition coefficient (Wildman–Crippen LogP) is 7.33. The van der Waals surface area contributed by atoms with E-state index >= 15 is 0 Å². The topological polar surface area (TPSA) is 72.9 Å². The molecule has 1 fully saturated rings. The summed E-state index contributed by atoms with van der Waals surface area (Å²) in [6.07, 6.45) is 1.01. The van der Waals surface area contributed by atoms with E-state index in [1.54, 1.807) is 43.0 Å². The molecule has 0 N–H and O–H groups in total. The predicted molar refractivity (Wildman–Crippen MR) is 154 cm³/mol. The fraction of sp³-hybridized carbons (Fsp3) is 0.387. The van der Waals surface area contributed by atoms with Crippen molar-refractivity contribution in [3.05, 3.63) is 80.5 Å². The van der Waals surface area contributed by atoms with Crippen LogP contribution in [0.15, 0.2) is 54.6 Å². The zero-order valence-electron chi connectivity index (χ0n) is 23.0. The minimum atomic E-state index is -0.906. The molecule has 0 radical (unpaired) electrons. The van der Waals surface area contributed by atoms with E-state index in [1.165, 1.54) is 18.3 Å². The molecule has 1 saturated heterocycles. The van der Waals surface area contributed by atoms with Gasteiger partial charge in [-0.3, -0.25) is 9.59 Å². The van der Waals surface area contributed by atoms with Gasteiger partial charge in [0.2, 0.25) is 0 Å². The maximum Gasteiger partial charge on any atom is 0.415 e. The van der Waals surface area contributed by atoms with Crippen LogP contribution in [0.4, 0.5) is 4.79 Å². The highest BCUT2D eigenvalue weighted by molar-refractivity contribution is 7.18. The minimum Gasteiger partial charge on any atom is -0.480 e.